The maximum atomic E-state index is 13.9. The fourth-order valence-corrected chi connectivity index (χ4v) is 6.33. The summed E-state index contributed by atoms with van der Waals surface area (Å²) in [6.45, 7) is 1.61. The van der Waals surface area contributed by atoms with Gasteiger partial charge in [0.25, 0.3) is 0 Å². The quantitative estimate of drug-likeness (QED) is 0.274. The van der Waals surface area contributed by atoms with Gasteiger partial charge in [-0.3, -0.25) is 9.59 Å². The van der Waals surface area contributed by atoms with Crippen LogP contribution in [0.4, 0.5) is 5.69 Å². The van der Waals surface area contributed by atoms with E-state index in [0.29, 0.717) is 5.56 Å². The average molecular weight is 483 g/mol. The number of aliphatic hydroxyl groups excluding tert-OH is 2. The van der Waals surface area contributed by atoms with Gasteiger partial charge in [0.05, 0.1) is 41.6 Å². The molecule has 1 saturated carbocycles. The second-order valence-electron chi connectivity index (χ2n) is 9.52. The molecule has 2 aromatic rings. The van der Waals surface area contributed by atoms with E-state index in [1.807, 2.05) is 0 Å². The van der Waals surface area contributed by atoms with Gasteiger partial charge in [-0.05, 0) is 49.3 Å². The monoisotopic (exact) mass is 483 g/mol. The number of phenolic OH excluding ortho intramolecular Hbond substituents is 2. The van der Waals surface area contributed by atoms with Crippen LogP contribution >= 0.6 is 0 Å². The number of ether oxygens (including phenoxy) is 1. The number of aromatic hydroxyl groups is 2. The van der Waals surface area contributed by atoms with Crippen molar-refractivity contribution in [3.05, 3.63) is 58.2 Å². The minimum absolute atomic E-state index is 0.0236. The summed E-state index contributed by atoms with van der Waals surface area (Å²) >= 11 is 0. The summed E-state index contributed by atoms with van der Waals surface area (Å²) in [6.07, 6.45) is 1.14. The summed E-state index contributed by atoms with van der Waals surface area (Å²) in [4.78, 5) is 27.3. The Balaban J connectivity index is 1.68. The first kappa shape index (κ1) is 22.2. The molecule has 0 radical (unpaired) electrons. The Bertz CT molecular complexity index is 1560. The Kier molecular flexibility index (Phi) is 4.41. The van der Waals surface area contributed by atoms with Crippen molar-refractivity contribution in [3.63, 3.8) is 0 Å². The largest absolute Gasteiger partial charge is 0.507 e. The van der Waals surface area contributed by atoms with Gasteiger partial charge < -0.3 is 30.5 Å². The molecule has 2 aromatic carbocycles. The molecule has 4 aliphatic rings. The molecule has 0 spiro atoms. The minimum atomic E-state index is -1.26. The van der Waals surface area contributed by atoms with Gasteiger partial charge in [-0.1, -0.05) is 23.7 Å². The van der Waals surface area contributed by atoms with Crippen LogP contribution < -0.4 is 10.1 Å². The average Bonchev–Trinajstić information content (AvgIpc) is 3.58. The molecular weight excluding hydrogens is 462 g/mol. The van der Waals surface area contributed by atoms with Gasteiger partial charge in [-0.25, -0.2) is 0 Å². The first-order chi connectivity index (χ1) is 17.2. The molecule has 8 nitrogen and oxygen atoms in total. The topological polar surface area (TPSA) is 136 Å². The van der Waals surface area contributed by atoms with E-state index < -0.39 is 52.1 Å². The third-order valence-electron chi connectivity index (χ3n) is 8.06. The highest BCUT2D eigenvalue weighted by Gasteiger charge is 2.79. The van der Waals surface area contributed by atoms with Crippen LogP contribution in [0.15, 0.2) is 30.4 Å². The predicted octanol–water partition coefficient (Wildman–Crippen LogP) is 1.62. The number of fused-ring (bicyclic) bond motifs is 4. The Hall–Kier alpha value is -4.24. The number of methoxy groups -OCH3 is 1. The summed E-state index contributed by atoms with van der Waals surface area (Å²) in [5, 5.41) is 47.2. The molecule has 0 saturated heterocycles. The molecule has 1 heterocycles. The second kappa shape index (κ2) is 7.14. The number of hydrogen-bond acceptors (Lipinski definition) is 8. The zero-order valence-corrected chi connectivity index (χ0v) is 19.3. The van der Waals surface area contributed by atoms with E-state index in [4.69, 9.17) is 4.74 Å². The standard InChI is InChI=1S/C28H21NO7/c1-13(30)27-12-28(27)15-11-16(31)21-22(23(15)29-18(27)7-5-3-4-6-8-19(28)32)26(35)20-14(24(21)33)9-10-17(36-2)25(20)34/h3-4,9-11,13,18-19,29-32,34H,12H2,1-2H3/b4-3-/t13-,18+,19-,27-,28-/m1/s1. The van der Waals surface area contributed by atoms with Crippen molar-refractivity contribution in [2.45, 2.75) is 37.0 Å². The van der Waals surface area contributed by atoms with Gasteiger partial charge in [-0.15, -0.1) is 0 Å². The van der Waals surface area contributed by atoms with E-state index in [1.54, 1.807) is 6.92 Å². The Morgan fingerprint density at radius 1 is 1.08 bits per heavy atom. The van der Waals surface area contributed by atoms with Crippen molar-refractivity contribution < 1.29 is 34.8 Å². The van der Waals surface area contributed by atoms with Crippen LogP contribution in [-0.2, 0) is 5.41 Å². The number of allylic oxidation sites excluding steroid dienone is 2. The molecule has 0 amide bonds. The molecule has 6 rings (SSSR count). The van der Waals surface area contributed by atoms with Crippen LogP contribution in [0.3, 0.4) is 0 Å². The zero-order valence-electron chi connectivity index (χ0n) is 19.3. The molecule has 0 unspecified atom stereocenters. The number of rotatable bonds is 2. The summed E-state index contributed by atoms with van der Waals surface area (Å²) in [7, 11) is 1.33. The van der Waals surface area contributed by atoms with Crippen LogP contribution in [0.2, 0.25) is 0 Å². The second-order valence-corrected chi connectivity index (χ2v) is 9.52. The van der Waals surface area contributed by atoms with Crippen molar-refractivity contribution >= 4 is 17.3 Å². The van der Waals surface area contributed by atoms with Crippen LogP contribution in [0.1, 0.15) is 50.8 Å². The number of nitrogens with one attached hydrogen (secondary N) is 1. The van der Waals surface area contributed by atoms with Gasteiger partial charge in [0.1, 0.15) is 11.9 Å². The molecule has 36 heavy (non-hydrogen) atoms. The maximum absolute atomic E-state index is 13.9. The molecule has 180 valence electrons. The Morgan fingerprint density at radius 2 is 1.81 bits per heavy atom. The smallest absolute Gasteiger partial charge is 0.200 e. The van der Waals surface area contributed by atoms with E-state index in [2.05, 4.69) is 29.0 Å². The van der Waals surface area contributed by atoms with Gasteiger partial charge in [0, 0.05) is 16.4 Å². The van der Waals surface area contributed by atoms with Crippen molar-refractivity contribution in [1.29, 1.82) is 0 Å². The molecule has 3 aliphatic carbocycles. The number of carbonyl (C=O) groups excluding carboxylic acids is 2. The number of carbonyl (C=O) groups is 2. The Labute approximate surface area is 206 Å². The molecule has 5 N–H and O–H groups in total. The van der Waals surface area contributed by atoms with Crippen LogP contribution in [0, 0.1) is 29.1 Å². The lowest BCUT2D eigenvalue weighted by Crippen LogP contribution is -2.50. The van der Waals surface area contributed by atoms with Crippen LogP contribution in [-0.4, -0.2) is 57.4 Å². The van der Waals surface area contributed by atoms with Crippen molar-refractivity contribution in [1.82, 2.24) is 0 Å². The van der Waals surface area contributed by atoms with Gasteiger partial charge in [0.15, 0.2) is 17.3 Å². The summed E-state index contributed by atoms with van der Waals surface area (Å²) in [6, 6.07) is 3.40. The molecule has 2 bridgehead atoms. The summed E-state index contributed by atoms with van der Waals surface area (Å²) in [5.74, 6) is 9.30. The zero-order chi connectivity index (χ0) is 25.6. The third kappa shape index (κ3) is 2.42. The number of benzene rings is 2. The molecule has 8 heteroatoms. The Morgan fingerprint density at radius 3 is 2.50 bits per heavy atom. The maximum Gasteiger partial charge on any atom is 0.200 e. The summed E-state index contributed by atoms with van der Waals surface area (Å²) < 4.78 is 5.13. The highest BCUT2D eigenvalue weighted by atomic mass is 16.5. The van der Waals surface area contributed by atoms with E-state index >= 15 is 0 Å². The lowest BCUT2D eigenvalue weighted by atomic mass is 9.69. The number of hydrogen-bond donors (Lipinski definition) is 5. The molecule has 0 aromatic heterocycles. The van der Waals surface area contributed by atoms with Gasteiger partial charge in [0.2, 0.25) is 5.78 Å². The molecule has 1 aliphatic heterocycles. The van der Waals surface area contributed by atoms with Crippen LogP contribution in [0.5, 0.6) is 17.2 Å². The van der Waals surface area contributed by atoms with Crippen molar-refractivity contribution in [2.75, 3.05) is 12.4 Å². The normalized spacial score (nSPS) is 29.9. The van der Waals surface area contributed by atoms with E-state index in [0.717, 1.165) is 0 Å². The molecule has 1 fully saturated rings. The fourth-order valence-electron chi connectivity index (χ4n) is 6.33. The first-order valence-electron chi connectivity index (χ1n) is 11.4. The van der Waals surface area contributed by atoms with Gasteiger partial charge in [-0.2, -0.15) is 0 Å². The van der Waals surface area contributed by atoms with E-state index in [1.165, 1.54) is 37.5 Å². The van der Waals surface area contributed by atoms with Gasteiger partial charge >= 0.3 is 0 Å². The summed E-state index contributed by atoms with van der Waals surface area (Å²) in [5.41, 5.74) is -2.17. The van der Waals surface area contributed by atoms with E-state index in [9.17, 15) is 30.0 Å². The van der Waals surface area contributed by atoms with E-state index in [-0.39, 0.29) is 40.1 Å². The van der Waals surface area contributed by atoms with Crippen molar-refractivity contribution in [2.24, 2.45) is 5.41 Å². The fraction of sp³-hybridized carbons (Fsp3) is 0.286. The minimum Gasteiger partial charge on any atom is -0.507 e. The number of aliphatic hydroxyl groups is 2. The number of ketones is 2. The first-order valence-corrected chi connectivity index (χ1v) is 11.4. The molecular formula is C28H21NO7. The SMILES string of the molecule is COc1ccc2c(c1O)C(=O)c1c3c(cc(O)c1C2=O)[C@@]12C[C@@]1([C@@H](C)O)[C@H](C#C/C=C\C#C[C@H]2O)N3. The molecule has 5 atom stereocenters. The predicted molar refractivity (Wildman–Crippen MR) is 128 cm³/mol. The van der Waals surface area contributed by atoms with Crippen molar-refractivity contribution in [3.8, 4) is 40.9 Å². The highest BCUT2D eigenvalue weighted by molar-refractivity contribution is 6.32. The third-order valence-corrected chi connectivity index (χ3v) is 8.06. The lowest BCUT2D eigenvalue weighted by molar-refractivity contribution is 0.0603. The number of phenols is 2. The lowest BCUT2D eigenvalue weighted by Gasteiger charge is -2.42. The van der Waals surface area contributed by atoms with Crippen LogP contribution in [0.25, 0.3) is 0 Å². The number of anilines is 1. The highest BCUT2D eigenvalue weighted by Crippen LogP contribution is 2.74.